The lowest BCUT2D eigenvalue weighted by Crippen LogP contribution is -2.39. The standard InChI is InChI=1S/C25H29N3O3S/c1-3-19-5-10-22-23(17-19)32-25(26-22)28(12-4-11-27-13-15-31-16-14-27)24(30)21-8-6-20(7-9-21)18(2)29/h5-10,17H,3-4,11-16H2,1-2H3. The third-order valence-corrected chi connectivity index (χ3v) is 6.87. The molecule has 2 aromatic carbocycles. The molecule has 0 atom stereocenters. The van der Waals surface area contributed by atoms with Crippen LogP contribution in [0.2, 0.25) is 0 Å². The summed E-state index contributed by atoms with van der Waals surface area (Å²) in [5.74, 6) is -0.0962. The van der Waals surface area contributed by atoms with Crippen LogP contribution in [-0.4, -0.2) is 61.0 Å². The summed E-state index contributed by atoms with van der Waals surface area (Å²) in [6.45, 7) is 8.57. The maximum Gasteiger partial charge on any atom is 0.260 e. The first-order valence-electron chi connectivity index (χ1n) is 11.2. The van der Waals surface area contributed by atoms with Crippen LogP contribution in [0, 0.1) is 0 Å². The molecule has 0 radical (unpaired) electrons. The zero-order chi connectivity index (χ0) is 22.5. The largest absolute Gasteiger partial charge is 0.379 e. The Morgan fingerprint density at radius 1 is 1.09 bits per heavy atom. The lowest BCUT2D eigenvalue weighted by Gasteiger charge is -2.27. The number of aromatic nitrogens is 1. The molecule has 1 aliphatic rings. The number of hydrogen-bond donors (Lipinski definition) is 0. The van der Waals surface area contributed by atoms with E-state index in [9.17, 15) is 9.59 Å². The molecule has 0 unspecified atom stereocenters. The zero-order valence-corrected chi connectivity index (χ0v) is 19.5. The van der Waals surface area contributed by atoms with Gasteiger partial charge in [0.25, 0.3) is 5.91 Å². The van der Waals surface area contributed by atoms with Gasteiger partial charge in [0.15, 0.2) is 10.9 Å². The second-order valence-electron chi connectivity index (χ2n) is 8.05. The minimum Gasteiger partial charge on any atom is -0.379 e. The van der Waals surface area contributed by atoms with E-state index in [2.05, 4.69) is 24.0 Å². The molecule has 1 amide bonds. The number of hydrogen-bond acceptors (Lipinski definition) is 6. The van der Waals surface area contributed by atoms with Crippen LogP contribution in [0.1, 0.15) is 46.5 Å². The predicted octanol–water partition coefficient (Wildman–Crippen LogP) is 4.43. The van der Waals surface area contributed by atoms with Crippen molar-refractivity contribution < 1.29 is 14.3 Å². The normalized spacial score (nSPS) is 14.6. The number of carbonyl (C=O) groups excluding carboxylic acids is 2. The van der Waals surface area contributed by atoms with Crippen molar-refractivity contribution in [2.45, 2.75) is 26.7 Å². The average molecular weight is 452 g/mol. The Morgan fingerprint density at radius 3 is 2.50 bits per heavy atom. The number of morpholine rings is 1. The third kappa shape index (κ3) is 5.23. The van der Waals surface area contributed by atoms with Crippen molar-refractivity contribution in [2.24, 2.45) is 0 Å². The lowest BCUT2D eigenvalue weighted by atomic mass is 10.1. The van der Waals surface area contributed by atoms with Crippen molar-refractivity contribution in [3.05, 3.63) is 59.2 Å². The van der Waals surface area contributed by atoms with Gasteiger partial charge in [-0.15, -0.1) is 0 Å². The Labute approximate surface area is 192 Å². The SMILES string of the molecule is CCc1ccc2nc(N(CCCN3CCOCC3)C(=O)c3ccc(C(C)=O)cc3)sc2c1. The molecule has 1 aromatic heterocycles. The summed E-state index contributed by atoms with van der Waals surface area (Å²) in [7, 11) is 0. The van der Waals surface area contributed by atoms with Crippen LogP contribution >= 0.6 is 11.3 Å². The molecule has 4 rings (SSSR count). The Kier molecular flexibility index (Phi) is 7.29. The molecule has 0 bridgehead atoms. The summed E-state index contributed by atoms with van der Waals surface area (Å²) >= 11 is 1.56. The number of anilines is 1. The fraction of sp³-hybridized carbons (Fsp3) is 0.400. The van der Waals surface area contributed by atoms with E-state index in [1.807, 2.05) is 6.07 Å². The highest BCUT2D eigenvalue weighted by molar-refractivity contribution is 7.22. The molecular weight excluding hydrogens is 422 g/mol. The lowest BCUT2D eigenvalue weighted by molar-refractivity contribution is 0.0376. The van der Waals surface area contributed by atoms with Crippen molar-refractivity contribution in [1.82, 2.24) is 9.88 Å². The Bertz CT molecular complexity index is 1090. The number of amides is 1. The van der Waals surface area contributed by atoms with Gasteiger partial charge in [0.05, 0.1) is 23.4 Å². The zero-order valence-electron chi connectivity index (χ0n) is 18.7. The fourth-order valence-electron chi connectivity index (χ4n) is 3.86. The number of aryl methyl sites for hydroxylation is 1. The van der Waals surface area contributed by atoms with Crippen LogP contribution < -0.4 is 4.90 Å². The molecule has 0 aliphatic carbocycles. The van der Waals surface area contributed by atoms with Crippen LogP contribution in [0.4, 0.5) is 5.13 Å². The van der Waals surface area contributed by atoms with Crippen molar-refractivity contribution in [2.75, 3.05) is 44.3 Å². The Morgan fingerprint density at radius 2 is 1.81 bits per heavy atom. The quantitative estimate of drug-likeness (QED) is 0.474. The van der Waals surface area contributed by atoms with Gasteiger partial charge >= 0.3 is 0 Å². The topological polar surface area (TPSA) is 62.7 Å². The van der Waals surface area contributed by atoms with Crippen LogP contribution in [0.5, 0.6) is 0 Å². The molecule has 6 nitrogen and oxygen atoms in total. The van der Waals surface area contributed by atoms with Crippen molar-refractivity contribution in [1.29, 1.82) is 0 Å². The monoisotopic (exact) mass is 451 g/mol. The molecule has 1 saturated heterocycles. The van der Waals surface area contributed by atoms with E-state index < -0.39 is 0 Å². The summed E-state index contributed by atoms with van der Waals surface area (Å²) in [6.07, 6.45) is 1.82. The second-order valence-corrected chi connectivity index (χ2v) is 9.06. The molecule has 7 heteroatoms. The summed E-state index contributed by atoms with van der Waals surface area (Å²) < 4.78 is 6.53. The van der Waals surface area contributed by atoms with Gasteiger partial charge in [0.1, 0.15) is 0 Å². The Hall–Kier alpha value is -2.61. The van der Waals surface area contributed by atoms with Gasteiger partial charge in [0, 0.05) is 37.3 Å². The average Bonchev–Trinajstić information content (AvgIpc) is 3.25. The number of ether oxygens (including phenoxy) is 1. The highest BCUT2D eigenvalue weighted by Gasteiger charge is 2.22. The second kappa shape index (κ2) is 10.3. The summed E-state index contributed by atoms with van der Waals surface area (Å²) in [5.41, 5.74) is 3.35. The molecule has 32 heavy (non-hydrogen) atoms. The minimum atomic E-state index is -0.0862. The predicted molar refractivity (Wildman–Crippen MR) is 129 cm³/mol. The van der Waals surface area contributed by atoms with Crippen LogP contribution in [0.15, 0.2) is 42.5 Å². The van der Waals surface area contributed by atoms with Crippen LogP contribution in [-0.2, 0) is 11.2 Å². The molecule has 0 spiro atoms. The number of ketones is 1. The van der Waals surface area contributed by atoms with E-state index in [-0.39, 0.29) is 11.7 Å². The first-order chi connectivity index (χ1) is 15.5. The maximum absolute atomic E-state index is 13.5. The van der Waals surface area contributed by atoms with Crippen LogP contribution in [0.25, 0.3) is 10.2 Å². The fourth-order valence-corrected chi connectivity index (χ4v) is 4.91. The Balaban J connectivity index is 1.58. The molecular formula is C25H29N3O3S. The van der Waals surface area contributed by atoms with Gasteiger partial charge in [-0.3, -0.25) is 19.4 Å². The summed E-state index contributed by atoms with van der Waals surface area (Å²) in [5, 5.41) is 0.718. The molecule has 3 aromatic rings. The molecule has 1 aliphatic heterocycles. The van der Waals surface area contributed by atoms with E-state index in [1.165, 1.54) is 12.5 Å². The molecule has 0 N–H and O–H groups in total. The summed E-state index contributed by atoms with van der Waals surface area (Å²) in [4.78, 5) is 34.0. The number of Topliss-reactive ketones (excluding diaryl/α,β-unsaturated/α-hetero) is 1. The minimum absolute atomic E-state index is 0.00994. The van der Waals surface area contributed by atoms with E-state index in [0.29, 0.717) is 17.7 Å². The van der Waals surface area contributed by atoms with Gasteiger partial charge in [-0.2, -0.15) is 0 Å². The molecule has 0 saturated carbocycles. The maximum atomic E-state index is 13.5. The van der Waals surface area contributed by atoms with Gasteiger partial charge in [-0.25, -0.2) is 4.98 Å². The first kappa shape index (κ1) is 22.6. The number of thiazole rings is 1. The number of carbonyl (C=O) groups is 2. The van der Waals surface area contributed by atoms with E-state index in [1.54, 1.807) is 40.5 Å². The van der Waals surface area contributed by atoms with Crippen molar-refractivity contribution >= 4 is 38.4 Å². The summed E-state index contributed by atoms with van der Waals surface area (Å²) in [6, 6.07) is 13.2. The van der Waals surface area contributed by atoms with Gasteiger partial charge in [0.2, 0.25) is 0 Å². The number of nitrogens with zero attached hydrogens (tertiary/aromatic N) is 3. The van der Waals surface area contributed by atoms with E-state index in [4.69, 9.17) is 9.72 Å². The van der Waals surface area contributed by atoms with Gasteiger partial charge in [-0.05, 0) is 49.6 Å². The first-order valence-corrected chi connectivity index (χ1v) is 12.0. The van der Waals surface area contributed by atoms with E-state index in [0.717, 1.165) is 61.0 Å². The van der Waals surface area contributed by atoms with E-state index >= 15 is 0 Å². The van der Waals surface area contributed by atoms with Crippen molar-refractivity contribution in [3.8, 4) is 0 Å². The number of benzene rings is 2. The van der Waals surface area contributed by atoms with Gasteiger partial charge < -0.3 is 4.74 Å². The van der Waals surface area contributed by atoms with Crippen molar-refractivity contribution in [3.63, 3.8) is 0 Å². The van der Waals surface area contributed by atoms with Gasteiger partial charge in [-0.1, -0.05) is 36.5 Å². The highest BCUT2D eigenvalue weighted by Crippen LogP contribution is 2.31. The smallest absolute Gasteiger partial charge is 0.260 e. The molecule has 168 valence electrons. The number of fused-ring (bicyclic) bond motifs is 1. The van der Waals surface area contributed by atoms with Crippen LogP contribution in [0.3, 0.4) is 0 Å². The molecule has 1 fully saturated rings. The number of rotatable bonds is 8. The third-order valence-electron chi connectivity index (χ3n) is 5.82. The highest BCUT2D eigenvalue weighted by atomic mass is 32.1. The molecule has 2 heterocycles.